The molecular formula is C13H20N2O. The lowest BCUT2D eigenvalue weighted by atomic mass is 10.1. The quantitative estimate of drug-likeness (QED) is 0.843. The molecule has 1 atom stereocenters. The number of hydrogen-bond donors (Lipinski definition) is 1. The third-order valence-electron chi connectivity index (χ3n) is 2.67. The Labute approximate surface area is 97.2 Å². The molecule has 0 aliphatic carbocycles. The summed E-state index contributed by atoms with van der Waals surface area (Å²) in [5.74, 6) is -0.0105. The molecule has 0 radical (unpaired) electrons. The van der Waals surface area contributed by atoms with Crippen molar-refractivity contribution in [3.8, 4) is 0 Å². The van der Waals surface area contributed by atoms with Crippen LogP contribution in [0.2, 0.25) is 0 Å². The van der Waals surface area contributed by atoms with Crippen LogP contribution in [0.3, 0.4) is 0 Å². The molecule has 0 saturated heterocycles. The van der Waals surface area contributed by atoms with Gasteiger partial charge in [-0.15, -0.1) is 0 Å². The van der Waals surface area contributed by atoms with E-state index in [4.69, 9.17) is 5.73 Å². The predicted octanol–water partition coefficient (Wildman–Crippen LogP) is 1.94. The van der Waals surface area contributed by atoms with Crippen molar-refractivity contribution < 1.29 is 4.79 Å². The highest BCUT2D eigenvalue weighted by atomic mass is 16.2. The van der Waals surface area contributed by atoms with Gasteiger partial charge in [0.2, 0.25) is 5.91 Å². The summed E-state index contributed by atoms with van der Waals surface area (Å²) < 4.78 is 0. The molecule has 0 saturated carbocycles. The third-order valence-corrected chi connectivity index (χ3v) is 2.67. The smallest absolute Gasteiger partial charge is 0.244 e. The Morgan fingerprint density at radius 1 is 1.31 bits per heavy atom. The molecule has 0 fully saturated rings. The van der Waals surface area contributed by atoms with Gasteiger partial charge in [-0.25, -0.2) is 0 Å². The van der Waals surface area contributed by atoms with Gasteiger partial charge >= 0.3 is 0 Å². The molecule has 1 aromatic carbocycles. The van der Waals surface area contributed by atoms with E-state index in [1.165, 1.54) is 0 Å². The molecule has 0 bridgehead atoms. The standard InChI is InChI=1S/C13H20N2O/c1-4-15(10(2)3)13(16)12(14)11-8-6-5-7-9-11/h5-10,12H,4,14H2,1-3H3. The molecule has 88 valence electrons. The summed E-state index contributed by atoms with van der Waals surface area (Å²) in [5.41, 5.74) is 6.83. The lowest BCUT2D eigenvalue weighted by Gasteiger charge is -2.28. The van der Waals surface area contributed by atoms with Crippen LogP contribution in [0, 0.1) is 0 Å². The van der Waals surface area contributed by atoms with Crippen molar-refractivity contribution in [2.75, 3.05) is 6.54 Å². The van der Waals surface area contributed by atoms with Crippen molar-refractivity contribution in [1.82, 2.24) is 4.90 Å². The molecule has 1 rings (SSSR count). The van der Waals surface area contributed by atoms with Crippen LogP contribution in [0.1, 0.15) is 32.4 Å². The summed E-state index contributed by atoms with van der Waals surface area (Å²) in [6.07, 6.45) is 0. The van der Waals surface area contributed by atoms with Crippen molar-refractivity contribution in [3.05, 3.63) is 35.9 Å². The first-order chi connectivity index (χ1) is 7.57. The Bertz CT molecular complexity index is 335. The van der Waals surface area contributed by atoms with E-state index in [2.05, 4.69) is 0 Å². The van der Waals surface area contributed by atoms with E-state index in [1.807, 2.05) is 51.1 Å². The zero-order chi connectivity index (χ0) is 12.1. The minimum atomic E-state index is -0.552. The van der Waals surface area contributed by atoms with Gasteiger partial charge in [-0.05, 0) is 26.3 Å². The van der Waals surface area contributed by atoms with Crippen LogP contribution in [0.5, 0.6) is 0 Å². The summed E-state index contributed by atoms with van der Waals surface area (Å²) in [6.45, 7) is 6.66. The number of rotatable bonds is 4. The van der Waals surface area contributed by atoms with Crippen LogP contribution in [-0.4, -0.2) is 23.4 Å². The number of carbonyl (C=O) groups is 1. The first kappa shape index (κ1) is 12.7. The van der Waals surface area contributed by atoms with E-state index in [9.17, 15) is 4.79 Å². The van der Waals surface area contributed by atoms with E-state index in [1.54, 1.807) is 4.90 Å². The predicted molar refractivity (Wildman–Crippen MR) is 65.9 cm³/mol. The molecule has 1 unspecified atom stereocenters. The summed E-state index contributed by atoms with van der Waals surface area (Å²) in [7, 11) is 0. The number of likely N-dealkylation sites (N-methyl/N-ethyl adjacent to an activating group) is 1. The van der Waals surface area contributed by atoms with Crippen molar-refractivity contribution in [2.24, 2.45) is 5.73 Å². The second kappa shape index (κ2) is 5.66. The Hall–Kier alpha value is -1.35. The Balaban J connectivity index is 2.81. The van der Waals surface area contributed by atoms with E-state index < -0.39 is 6.04 Å². The van der Waals surface area contributed by atoms with Crippen LogP contribution < -0.4 is 5.73 Å². The maximum absolute atomic E-state index is 12.1. The van der Waals surface area contributed by atoms with Gasteiger partial charge in [0.25, 0.3) is 0 Å². The van der Waals surface area contributed by atoms with Gasteiger partial charge in [0.05, 0.1) is 0 Å². The van der Waals surface area contributed by atoms with Gasteiger partial charge in [-0.1, -0.05) is 30.3 Å². The average molecular weight is 220 g/mol. The van der Waals surface area contributed by atoms with Gasteiger partial charge in [0.1, 0.15) is 6.04 Å². The molecular weight excluding hydrogens is 200 g/mol. The molecule has 3 heteroatoms. The molecule has 0 heterocycles. The first-order valence-electron chi connectivity index (χ1n) is 5.69. The van der Waals surface area contributed by atoms with Crippen LogP contribution in [0.15, 0.2) is 30.3 Å². The molecule has 2 N–H and O–H groups in total. The Kier molecular flexibility index (Phi) is 4.50. The second-order valence-electron chi connectivity index (χ2n) is 4.11. The van der Waals surface area contributed by atoms with Crippen LogP contribution in [-0.2, 0) is 4.79 Å². The average Bonchev–Trinajstić information content (AvgIpc) is 2.29. The highest BCUT2D eigenvalue weighted by Gasteiger charge is 2.22. The topological polar surface area (TPSA) is 46.3 Å². The summed E-state index contributed by atoms with van der Waals surface area (Å²) in [4.78, 5) is 13.9. The lowest BCUT2D eigenvalue weighted by Crippen LogP contribution is -2.42. The van der Waals surface area contributed by atoms with Crippen LogP contribution >= 0.6 is 0 Å². The summed E-state index contributed by atoms with van der Waals surface area (Å²) >= 11 is 0. The number of nitrogens with two attached hydrogens (primary N) is 1. The van der Waals surface area contributed by atoms with E-state index in [0.29, 0.717) is 6.54 Å². The minimum absolute atomic E-state index is 0.0105. The van der Waals surface area contributed by atoms with Gasteiger partial charge in [0.15, 0.2) is 0 Å². The Morgan fingerprint density at radius 2 is 1.88 bits per heavy atom. The molecule has 0 spiro atoms. The molecule has 16 heavy (non-hydrogen) atoms. The lowest BCUT2D eigenvalue weighted by molar-refractivity contribution is -0.134. The van der Waals surface area contributed by atoms with Crippen molar-refractivity contribution in [3.63, 3.8) is 0 Å². The number of amides is 1. The fourth-order valence-corrected chi connectivity index (χ4v) is 1.76. The highest BCUT2D eigenvalue weighted by molar-refractivity contribution is 5.83. The molecule has 3 nitrogen and oxygen atoms in total. The van der Waals surface area contributed by atoms with Crippen molar-refractivity contribution in [1.29, 1.82) is 0 Å². The van der Waals surface area contributed by atoms with Gasteiger partial charge in [-0.3, -0.25) is 4.79 Å². The van der Waals surface area contributed by atoms with Gasteiger partial charge < -0.3 is 10.6 Å². The molecule has 1 aromatic rings. The van der Waals surface area contributed by atoms with Gasteiger partial charge in [-0.2, -0.15) is 0 Å². The zero-order valence-corrected chi connectivity index (χ0v) is 10.2. The van der Waals surface area contributed by atoms with Crippen molar-refractivity contribution >= 4 is 5.91 Å². The fraction of sp³-hybridized carbons (Fsp3) is 0.462. The van der Waals surface area contributed by atoms with E-state index >= 15 is 0 Å². The van der Waals surface area contributed by atoms with Crippen LogP contribution in [0.4, 0.5) is 0 Å². The largest absolute Gasteiger partial charge is 0.339 e. The maximum atomic E-state index is 12.1. The number of hydrogen-bond acceptors (Lipinski definition) is 2. The maximum Gasteiger partial charge on any atom is 0.244 e. The SMILES string of the molecule is CCN(C(=O)C(N)c1ccccc1)C(C)C. The van der Waals surface area contributed by atoms with E-state index in [-0.39, 0.29) is 11.9 Å². The highest BCUT2D eigenvalue weighted by Crippen LogP contribution is 2.14. The first-order valence-corrected chi connectivity index (χ1v) is 5.69. The molecule has 0 aromatic heterocycles. The minimum Gasteiger partial charge on any atom is -0.339 e. The van der Waals surface area contributed by atoms with Crippen LogP contribution in [0.25, 0.3) is 0 Å². The zero-order valence-electron chi connectivity index (χ0n) is 10.2. The third kappa shape index (κ3) is 2.83. The van der Waals surface area contributed by atoms with Crippen molar-refractivity contribution in [2.45, 2.75) is 32.9 Å². The van der Waals surface area contributed by atoms with E-state index in [0.717, 1.165) is 5.56 Å². The number of benzene rings is 1. The number of nitrogens with zero attached hydrogens (tertiary/aromatic N) is 1. The summed E-state index contributed by atoms with van der Waals surface area (Å²) in [6, 6.07) is 9.12. The fourth-order valence-electron chi connectivity index (χ4n) is 1.76. The molecule has 0 aliphatic rings. The second-order valence-corrected chi connectivity index (χ2v) is 4.11. The summed E-state index contributed by atoms with van der Waals surface area (Å²) in [5, 5.41) is 0. The molecule has 0 aliphatic heterocycles. The number of carbonyl (C=O) groups excluding carboxylic acids is 1. The Morgan fingerprint density at radius 3 is 2.31 bits per heavy atom. The normalized spacial score (nSPS) is 12.6. The van der Waals surface area contributed by atoms with Gasteiger partial charge in [0, 0.05) is 12.6 Å². The monoisotopic (exact) mass is 220 g/mol. The molecule has 1 amide bonds.